The summed E-state index contributed by atoms with van der Waals surface area (Å²) in [6.45, 7) is 5.72. The van der Waals surface area contributed by atoms with E-state index in [0.717, 1.165) is 5.56 Å². The lowest BCUT2D eigenvalue weighted by Gasteiger charge is -2.29. The Bertz CT molecular complexity index is 806. The van der Waals surface area contributed by atoms with Crippen molar-refractivity contribution < 1.29 is 18.7 Å². The van der Waals surface area contributed by atoms with Gasteiger partial charge in [0.2, 0.25) is 11.8 Å². The second-order valence-electron chi connectivity index (χ2n) is 7.02. The monoisotopic (exact) mass is 386 g/mol. The Morgan fingerprint density at radius 3 is 2.36 bits per heavy atom. The van der Waals surface area contributed by atoms with Gasteiger partial charge in [0.1, 0.15) is 17.6 Å². The van der Waals surface area contributed by atoms with Crippen LogP contribution in [0.1, 0.15) is 31.9 Å². The molecule has 0 aromatic heterocycles. The number of carbonyl (C=O) groups excluding carboxylic acids is 2. The first-order valence-corrected chi connectivity index (χ1v) is 9.27. The maximum Gasteiger partial charge on any atom is 0.242 e. The number of carbonyl (C=O) groups is 2. The van der Waals surface area contributed by atoms with Gasteiger partial charge >= 0.3 is 0 Å². The van der Waals surface area contributed by atoms with Gasteiger partial charge in [0.25, 0.3) is 0 Å². The van der Waals surface area contributed by atoms with Gasteiger partial charge < -0.3 is 15.0 Å². The number of hydrogen-bond acceptors (Lipinski definition) is 3. The molecule has 5 nitrogen and oxygen atoms in total. The van der Waals surface area contributed by atoms with Gasteiger partial charge in [-0.05, 0) is 56.2 Å². The average molecular weight is 386 g/mol. The summed E-state index contributed by atoms with van der Waals surface area (Å²) >= 11 is 0. The van der Waals surface area contributed by atoms with E-state index in [4.69, 9.17) is 4.74 Å². The van der Waals surface area contributed by atoms with Crippen molar-refractivity contribution in [2.24, 2.45) is 0 Å². The smallest absolute Gasteiger partial charge is 0.242 e. The number of methoxy groups -OCH3 is 1. The van der Waals surface area contributed by atoms with Crippen LogP contribution in [-0.2, 0) is 22.6 Å². The molecule has 1 atom stereocenters. The molecular weight excluding hydrogens is 359 g/mol. The summed E-state index contributed by atoms with van der Waals surface area (Å²) in [6.07, 6.45) is 0.0869. The fourth-order valence-corrected chi connectivity index (χ4v) is 2.83. The standard InChI is InChI=1S/C22H27FN2O3/c1-15(2)24-22(27)16(3)25(14-18-6-5-7-20(12-18)28-4)21(26)13-17-8-10-19(23)11-9-17/h5-12,15-16H,13-14H2,1-4H3,(H,24,27)/t16-/m1/s1. The SMILES string of the molecule is COc1cccc(CN(C(=O)Cc2ccc(F)cc2)[C@H](C)C(=O)NC(C)C)c1. The van der Waals surface area contributed by atoms with E-state index in [1.54, 1.807) is 26.2 Å². The Kier molecular flexibility index (Phi) is 7.55. The minimum Gasteiger partial charge on any atom is -0.497 e. The van der Waals surface area contributed by atoms with Crippen molar-refractivity contribution in [3.8, 4) is 5.75 Å². The summed E-state index contributed by atoms with van der Waals surface area (Å²) in [4.78, 5) is 27.1. The maximum atomic E-state index is 13.1. The van der Waals surface area contributed by atoms with Crippen LogP contribution in [0.5, 0.6) is 5.75 Å². The molecule has 150 valence electrons. The highest BCUT2D eigenvalue weighted by molar-refractivity contribution is 5.88. The molecular formula is C22H27FN2O3. The molecule has 1 N–H and O–H groups in total. The minimum atomic E-state index is -0.651. The summed E-state index contributed by atoms with van der Waals surface area (Å²) in [5.74, 6) is -0.0944. The topological polar surface area (TPSA) is 58.6 Å². The largest absolute Gasteiger partial charge is 0.497 e. The van der Waals surface area contributed by atoms with Gasteiger partial charge in [-0.25, -0.2) is 4.39 Å². The third-order valence-electron chi connectivity index (χ3n) is 4.35. The molecule has 2 aromatic rings. The van der Waals surface area contributed by atoms with Crippen molar-refractivity contribution in [1.82, 2.24) is 10.2 Å². The lowest BCUT2D eigenvalue weighted by molar-refractivity contribution is -0.140. The van der Waals surface area contributed by atoms with Crippen LogP contribution in [0.25, 0.3) is 0 Å². The molecule has 2 rings (SSSR count). The van der Waals surface area contributed by atoms with Crippen LogP contribution in [0, 0.1) is 5.82 Å². The van der Waals surface area contributed by atoms with Gasteiger partial charge in [0, 0.05) is 12.6 Å². The zero-order chi connectivity index (χ0) is 20.7. The number of ether oxygens (including phenoxy) is 1. The molecule has 2 amide bonds. The van der Waals surface area contributed by atoms with Crippen LogP contribution in [0.15, 0.2) is 48.5 Å². The number of hydrogen-bond donors (Lipinski definition) is 1. The van der Waals surface area contributed by atoms with Gasteiger partial charge in [-0.1, -0.05) is 24.3 Å². The van der Waals surface area contributed by atoms with Crippen LogP contribution in [0.3, 0.4) is 0 Å². The molecule has 0 saturated carbocycles. The summed E-state index contributed by atoms with van der Waals surface area (Å²) in [5, 5.41) is 2.85. The normalized spacial score (nSPS) is 11.8. The minimum absolute atomic E-state index is 0.0270. The summed E-state index contributed by atoms with van der Waals surface area (Å²) in [5.41, 5.74) is 1.55. The van der Waals surface area contributed by atoms with E-state index in [2.05, 4.69) is 5.32 Å². The summed E-state index contributed by atoms with van der Waals surface area (Å²) in [6, 6.07) is 12.5. The molecule has 0 aliphatic carbocycles. The number of nitrogens with zero attached hydrogens (tertiary/aromatic N) is 1. The highest BCUT2D eigenvalue weighted by Gasteiger charge is 2.26. The van der Waals surface area contributed by atoms with Gasteiger partial charge in [0.15, 0.2) is 0 Å². The Hall–Kier alpha value is -2.89. The highest BCUT2D eigenvalue weighted by atomic mass is 19.1. The fourth-order valence-electron chi connectivity index (χ4n) is 2.83. The fraction of sp³-hybridized carbons (Fsp3) is 0.364. The zero-order valence-electron chi connectivity index (χ0n) is 16.7. The van der Waals surface area contributed by atoms with Crippen LogP contribution in [0.4, 0.5) is 4.39 Å². The summed E-state index contributed by atoms with van der Waals surface area (Å²) < 4.78 is 18.4. The van der Waals surface area contributed by atoms with Gasteiger partial charge in [-0.15, -0.1) is 0 Å². The van der Waals surface area contributed by atoms with E-state index >= 15 is 0 Å². The number of amides is 2. The number of rotatable bonds is 8. The van der Waals surface area contributed by atoms with E-state index in [9.17, 15) is 14.0 Å². The van der Waals surface area contributed by atoms with Crippen molar-refractivity contribution in [1.29, 1.82) is 0 Å². The molecule has 0 unspecified atom stereocenters. The van der Waals surface area contributed by atoms with Crippen LogP contribution >= 0.6 is 0 Å². The molecule has 0 fully saturated rings. The molecule has 0 bridgehead atoms. The Morgan fingerprint density at radius 2 is 1.75 bits per heavy atom. The predicted octanol–water partition coefficient (Wildman–Crippen LogP) is 3.32. The third-order valence-corrected chi connectivity index (χ3v) is 4.35. The van der Waals surface area contributed by atoms with Crippen LogP contribution in [-0.4, -0.2) is 35.9 Å². The molecule has 0 aliphatic rings. The molecule has 28 heavy (non-hydrogen) atoms. The van der Waals surface area contributed by atoms with Gasteiger partial charge in [-0.3, -0.25) is 9.59 Å². The Balaban J connectivity index is 2.24. The van der Waals surface area contributed by atoms with Gasteiger partial charge in [-0.2, -0.15) is 0 Å². The van der Waals surface area contributed by atoms with Gasteiger partial charge in [0.05, 0.1) is 13.5 Å². The molecule has 6 heteroatoms. The first kappa shape index (κ1) is 21.4. The lowest BCUT2D eigenvalue weighted by Crippen LogP contribution is -2.49. The average Bonchev–Trinajstić information content (AvgIpc) is 2.67. The van der Waals surface area contributed by atoms with E-state index in [-0.39, 0.29) is 36.6 Å². The van der Waals surface area contributed by atoms with Crippen molar-refractivity contribution in [3.63, 3.8) is 0 Å². The first-order chi connectivity index (χ1) is 13.3. The Labute approximate surface area is 165 Å². The number of benzene rings is 2. The third kappa shape index (κ3) is 6.08. The highest BCUT2D eigenvalue weighted by Crippen LogP contribution is 2.17. The predicted molar refractivity (Wildman–Crippen MR) is 106 cm³/mol. The summed E-state index contributed by atoms with van der Waals surface area (Å²) in [7, 11) is 1.58. The van der Waals surface area contributed by atoms with Crippen molar-refractivity contribution in [2.45, 2.75) is 45.8 Å². The second kappa shape index (κ2) is 9.88. The molecule has 0 heterocycles. The molecule has 0 spiro atoms. The quantitative estimate of drug-likeness (QED) is 0.757. The molecule has 0 saturated heterocycles. The van der Waals surface area contributed by atoms with E-state index < -0.39 is 6.04 Å². The van der Waals surface area contributed by atoms with E-state index in [0.29, 0.717) is 11.3 Å². The molecule has 0 aliphatic heterocycles. The lowest BCUT2D eigenvalue weighted by atomic mass is 10.1. The van der Waals surface area contributed by atoms with E-state index in [1.807, 2.05) is 38.1 Å². The van der Waals surface area contributed by atoms with Crippen molar-refractivity contribution in [3.05, 3.63) is 65.5 Å². The number of nitrogens with one attached hydrogen (secondary N) is 1. The van der Waals surface area contributed by atoms with Crippen molar-refractivity contribution in [2.75, 3.05) is 7.11 Å². The second-order valence-corrected chi connectivity index (χ2v) is 7.02. The first-order valence-electron chi connectivity index (χ1n) is 9.27. The van der Waals surface area contributed by atoms with Crippen LogP contribution < -0.4 is 10.1 Å². The van der Waals surface area contributed by atoms with Crippen molar-refractivity contribution >= 4 is 11.8 Å². The Morgan fingerprint density at radius 1 is 1.07 bits per heavy atom. The maximum absolute atomic E-state index is 13.1. The van der Waals surface area contributed by atoms with E-state index in [1.165, 1.54) is 17.0 Å². The van der Waals surface area contributed by atoms with Crippen LogP contribution in [0.2, 0.25) is 0 Å². The molecule has 2 aromatic carbocycles. The number of halogens is 1. The molecule has 0 radical (unpaired) electrons. The zero-order valence-corrected chi connectivity index (χ0v) is 16.7.